The van der Waals surface area contributed by atoms with Gasteiger partial charge in [0.15, 0.2) is 0 Å². The number of fused-ring (bicyclic) bond motifs is 1. The molecule has 0 fully saturated rings. The van der Waals surface area contributed by atoms with Crippen LogP contribution in [0.3, 0.4) is 0 Å². The highest BCUT2D eigenvalue weighted by atomic mass is 32.2. The molecule has 0 saturated carbocycles. The van der Waals surface area contributed by atoms with Crippen LogP contribution in [0.4, 0.5) is 17.1 Å². The number of anilines is 3. The Kier molecular flexibility index (Phi) is 8.28. The Morgan fingerprint density at radius 2 is 1.20 bits per heavy atom. The molecule has 44 heavy (non-hydrogen) atoms. The minimum Gasteiger partial charge on any atom is -0.398 e. The number of nitrogen functional groups attached to an aromatic ring is 1. The van der Waals surface area contributed by atoms with Crippen molar-refractivity contribution >= 4 is 74.1 Å². The number of aryl methyl sites for hydroxylation is 2. The number of sulfonamides is 1. The summed E-state index contributed by atoms with van der Waals surface area (Å²) >= 11 is 0. The molecule has 7 N–H and O–H groups in total. The lowest BCUT2D eigenvalue weighted by molar-refractivity contribution is 0.102. The van der Waals surface area contributed by atoms with Gasteiger partial charge in [-0.2, -0.15) is 25.3 Å². The van der Waals surface area contributed by atoms with Gasteiger partial charge in [0, 0.05) is 22.3 Å². The third-order valence-corrected chi connectivity index (χ3v) is 10.3. The van der Waals surface area contributed by atoms with Crippen LogP contribution in [0.25, 0.3) is 10.8 Å². The van der Waals surface area contributed by atoms with E-state index in [9.17, 15) is 52.1 Å². The van der Waals surface area contributed by atoms with Crippen LogP contribution in [-0.4, -0.2) is 53.2 Å². The van der Waals surface area contributed by atoms with Crippen LogP contribution in [0.15, 0.2) is 80.2 Å². The standard InChI is InChI=1S/C25H23N3O12S4/c1-13-3-5-15(9-20(13)26)25(29)27-21-10-17(6-4-14(21)2)41(30,31)28-22-11-18(42(32,33)34)7-16-8-19(43(35,36)37)12-23(24(16)22)44(38,39)40/h3-12,28H,26H2,1-2H3,(H,27,29)(H,32,33,34)(H,35,36,37)(H,38,39,40). The van der Waals surface area contributed by atoms with Gasteiger partial charge in [-0.3, -0.25) is 23.2 Å². The first kappa shape index (κ1) is 32.8. The summed E-state index contributed by atoms with van der Waals surface area (Å²) in [7, 11) is -20.3. The summed E-state index contributed by atoms with van der Waals surface area (Å²) in [5.74, 6) is -0.624. The van der Waals surface area contributed by atoms with Crippen molar-refractivity contribution in [3.63, 3.8) is 0 Å². The van der Waals surface area contributed by atoms with Crippen LogP contribution in [0.5, 0.6) is 0 Å². The summed E-state index contributed by atoms with van der Waals surface area (Å²) < 4.78 is 130. The lowest BCUT2D eigenvalue weighted by Gasteiger charge is -2.16. The van der Waals surface area contributed by atoms with E-state index in [1.807, 2.05) is 4.72 Å². The molecule has 19 heteroatoms. The van der Waals surface area contributed by atoms with Gasteiger partial charge in [-0.1, -0.05) is 12.1 Å². The SMILES string of the molecule is Cc1ccc(C(=O)Nc2cc(S(=O)(=O)Nc3cc(S(=O)(=O)O)cc4cc(S(=O)(=O)O)cc(S(=O)(=O)O)c34)ccc2C)cc1N. The van der Waals surface area contributed by atoms with E-state index in [4.69, 9.17) is 5.73 Å². The van der Waals surface area contributed by atoms with Crippen molar-refractivity contribution < 1.29 is 52.1 Å². The van der Waals surface area contributed by atoms with Gasteiger partial charge in [0.1, 0.15) is 4.90 Å². The summed E-state index contributed by atoms with van der Waals surface area (Å²) in [5.41, 5.74) is 6.78. The van der Waals surface area contributed by atoms with Crippen molar-refractivity contribution in [2.24, 2.45) is 0 Å². The van der Waals surface area contributed by atoms with E-state index in [-0.39, 0.29) is 11.3 Å². The lowest BCUT2D eigenvalue weighted by atomic mass is 10.1. The molecule has 4 aromatic rings. The van der Waals surface area contributed by atoms with E-state index in [0.717, 1.165) is 17.7 Å². The fourth-order valence-electron chi connectivity index (χ4n) is 4.09. The molecule has 0 aliphatic carbocycles. The highest BCUT2D eigenvalue weighted by Crippen LogP contribution is 2.36. The van der Waals surface area contributed by atoms with Gasteiger partial charge >= 0.3 is 0 Å². The zero-order valence-corrected chi connectivity index (χ0v) is 25.8. The van der Waals surface area contributed by atoms with Crippen molar-refractivity contribution in [1.29, 1.82) is 0 Å². The summed E-state index contributed by atoms with van der Waals surface area (Å²) in [6.07, 6.45) is 0. The Morgan fingerprint density at radius 1 is 0.659 bits per heavy atom. The number of hydrogen-bond donors (Lipinski definition) is 6. The predicted octanol–water partition coefficient (Wildman–Crippen LogP) is 2.83. The van der Waals surface area contributed by atoms with Gasteiger partial charge in [0.05, 0.1) is 20.4 Å². The van der Waals surface area contributed by atoms with Crippen LogP contribution in [-0.2, 0) is 40.4 Å². The molecule has 0 radical (unpaired) electrons. The van der Waals surface area contributed by atoms with Crippen molar-refractivity contribution in [2.45, 2.75) is 33.4 Å². The maximum atomic E-state index is 13.5. The molecule has 0 bridgehead atoms. The largest absolute Gasteiger partial charge is 0.398 e. The maximum Gasteiger partial charge on any atom is 0.295 e. The fourth-order valence-corrected chi connectivity index (χ4v) is 7.10. The van der Waals surface area contributed by atoms with Crippen LogP contribution in [0, 0.1) is 13.8 Å². The minimum absolute atomic E-state index is 0.0463. The highest BCUT2D eigenvalue weighted by Gasteiger charge is 2.27. The maximum absolute atomic E-state index is 13.5. The number of nitrogens with one attached hydrogen (secondary N) is 2. The summed E-state index contributed by atoms with van der Waals surface area (Å²) in [5, 5.41) is 1.25. The molecule has 4 rings (SSSR count). The Labute approximate surface area is 252 Å². The summed E-state index contributed by atoms with van der Waals surface area (Å²) in [6.45, 7) is 3.31. The van der Waals surface area contributed by atoms with Crippen molar-refractivity contribution in [1.82, 2.24) is 0 Å². The Bertz CT molecular complexity index is 2310. The van der Waals surface area contributed by atoms with E-state index in [1.165, 1.54) is 18.2 Å². The van der Waals surface area contributed by atoms with Crippen LogP contribution < -0.4 is 15.8 Å². The third-order valence-electron chi connectivity index (χ3n) is 6.39. The minimum atomic E-state index is -5.34. The van der Waals surface area contributed by atoms with Gasteiger partial charge in [0.25, 0.3) is 46.3 Å². The second-order valence-corrected chi connectivity index (χ2v) is 15.4. The van der Waals surface area contributed by atoms with E-state index in [2.05, 4.69) is 5.32 Å². The molecule has 0 spiro atoms. The molecule has 234 valence electrons. The quantitative estimate of drug-likeness (QED) is 0.115. The molecule has 0 atom stereocenters. The zero-order chi connectivity index (χ0) is 33.0. The number of rotatable bonds is 8. The third kappa shape index (κ3) is 6.83. The fraction of sp³-hybridized carbons (Fsp3) is 0.0800. The van der Waals surface area contributed by atoms with E-state index in [0.29, 0.717) is 35.5 Å². The summed E-state index contributed by atoms with van der Waals surface area (Å²) in [6, 6.07) is 10.1. The second kappa shape index (κ2) is 11.1. The molecule has 0 aromatic heterocycles. The molecule has 4 aromatic carbocycles. The molecule has 0 aliphatic rings. The van der Waals surface area contributed by atoms with Crippen molar-refractivity contribution in [2.75, 3.05) is 15.8 Å². The van der Waals surface area contributed by atoms with Crippen LogP contribution in [0.2, 0.25) is 0 Å². The van der Waals surface area contributed by atoms with Gasteiger partial charge in [-0.05, 0) is 78.9 Å². The van der Waals surface area contributed by atoms with Gasteiger partial charge in [-0.25, -0.2) is 8.42 Å². The zero-order valence-electron chi connectivity index (χ0n) is 22.5. The van der Waals surface area contributed by atoms with Crippen LogP contribution >= 0.6 is 0 Å². The smallest absolute Gasteiger partial charge is 0.295 e. The van der Waals surface area contributed by atoms with Gasteiger partial charge in [-0.15, -0.1) is 0 Å². The molecular formula is C25H23N3O12S4. The average molecular weight is 686 g/mol. The number of carbonyl (C=O) groups is 1. The van der Waals surface area contributed by atoms with Crippen molar-refractivity contribution in [3.05, 3.63) is 77.4 Å². The monoisotopic (exact) mass is 685 g/mol. The first-order chi connectivity index (χ1) is 20.1. The number of carbonyl (C=O) groups excluding carboxylic acids is 1. The Morgan fingerprint density at radius 3 is 1.75 bits per heavy atom. The number of hydrogen-bond acceptors (Lipinski definition) is 10. The predicted molar refractivity (Wildman–Crippen MR) is 159 cm³/mol. The lowest BCUT2D eigenvalue weighted by Crippen LogP contribution is -2.17. The normalized spacial score (nSPS) is 12.7. The molecule has 0 aliphatic heterocycles. The molecule has 1 amide bonds. The topological polar surface area (TPSA) is 264 Å². The molecule has 0 saturated heterocycles. The number of nitrogens with two attached hydrogens (primary N) is 1. The Hall–Kier alpha value is -4.11. The van der Waals surface area contributed by atoms with Gasteiger partial charge in [0.2, 0.25) is 0 Å². The highest BCUT2D eigenvalue weighted by molar-refractivity contribution is 7.92. The molecule has 15 nitrogen and oxygen atoms in total. The van der Waals surface area contributed by atoms with E-state index < -0.39 is 82.3 Å². The molecule has 0 unspecified atom stereocenters. The number of amides is 1. The number of benzene rings is 4. The van der Waals surface area contributed by atoms with E-state index >= 15 is 0 Å². The van der Waals surface area contributed by atoms with Crippen LogP contribution in [0.1, 0.15) is 21.5 Å². The molecular weight excluding hydrogens is 663 g/mol. The first-order valence-electron chi connectivity index (χ1n) is 11.9. The first-order valence-corrected chi connectivity index (χ1v) is 17.7. The molecule has 0 heterocycles. The second-order valence-electron chi connectivity index (χ2n) is 9.52. The van der Waals surface area contributed by atoms with Gasteiger partial charge < -0.3 is 11.1 Å². The Balaban J connectivity index is 1.88. The van der Waals surface area contributed by atoms with Crippen molar-refractivity contribution in [3.8, 4) is 0 Å². The summed E-state index contributed by atoms with van der Waals surface area (Å²) in [4.78, 5) is 9.04. The van der Waals surface area contributed by atoms with E-state index in [1.54, 1.807) is 19.9 Å². The average Bonchev–Trinajstić information content (AvgIpc) is 2.88.